The fourth-order valence-electron chi connectivity index (χ4n) is 2.93. The van der Waals surface area contributed by atoms with Crippen LogP contribution in [0.15, 0.2) is 70.8 Å². The first-order valence-corrected chi connectivity index (χ1v) is 11.1. The number of hydrogen-bond donors (Lipinski definition) is 1. The van der Waals surface area contributed by atoms with Gasteiger partial charge in [0, 0.05) is 22.3 Å². The first-order valence-electron chi connectivity index (χ1n) is 9.31. The maximum Gasteiger partial charge on any atom is 0.234 e. The number of carbonyl (C=O) groups excluding carboxylic acids is 1. The summed E-state index contributed by atoms with van der Waals surface area (Å²) in [6, 6.07) is 15.8. The molecule has 7 heteroatoms. The number of nitrogens with zero attached hydrogens (tertiary/aromatic N) is 3. The van der Waals surface area contributed by atoms with Crippen LogP contribution in [0, 0.1) is 0 Å². The van der Waals surface area contributed by atoms with E-state index in [1.807, 2.05) is 53.1 Å². The molecule has 150 valence electrons. The number of rotatable bonds is 8. The Balaban J connectivity index is 1.73. The zero-order chi connectivity index (χ0) is 20.8. The van der Waals surface area contributed by atoms with Crippen molar-refractivity contribution in [3.8, 4) is 11.4 Å². The van der Waals surface area contributed by atoms with E-state index in [1.165, 1.54) is 11.8 Å². The first-order chi connectivity index (χ1) is 14.0. The lowest BCUT2D eigenvalue weighted by Gasteiger charge is -2.14. The summed E-state index contributed by atoms with van der Waals surface area (Å²) >= 11 is 4.86. The molecule has 0 saturated carbocycles. The SMILES string of the molecule is C=CCn1c(SCC(=O)Nc2ccc(Br)cc2C(C)C)nnc1-c1ccccc1. The highest BCUT2D eigenvalue weighted by Crippen LogP contribution is 2.28. The summed E-state index contributed by atoms with van der Waals surface area (Å²) in [6.45, 7) is 8.61. The van der Waals surface area contributed by atoms with Crippen LogP contribution >= 0.6 is 27.7 Å². The Hall–Kier alpha value is -2.38. The van der Waals surface area contributed by atoms with Crippen molar-refractivity contribution in [1.82, 2.24) is 14.8 Å². The number of hydrogen-bond acceptors (Lipinski definition) is 4. The van der Waals surface area contributed by atoms with Crippen molar-refractivity contribution in [2.75, 3.05) is 11.1 Å². The molecule has 1 aromatic heterocycles. The molecule has 29 heavy (non-hydrogen) atoms. The molecule has 3 aromatic rings. The Bertz CT molecular complexity index is 1000. The Morgan fingerprint density at radius 3 is 2.69 bits per heavy atom. The lowest BCUT2D eigenvalue weighted by atomic mass is 10.0. The van der Waals surface area contributed by atoms with Gasteiger partial charge >= 0.3 is 0 Å². The molecule has 1 heterocycles. The van der Waals surface area contributed by atoms with Gasteiger partial charge in [0.15, 0.2) is 11.0 Å². The summed E-state index contributed by atoms with van der Waals surface area (Å²) < 4.78 is 2.97. The van der Waals surface area contributed by atoms with Crippen molar-refractivity contribution >= 4 is 39.3 Å². The predicted octanol–water partition coefficient (Wildman–Crippen LogP) is 5.75. The van der Waals surface area contributed by atoms with Crippen LogP contribution in [0.3, 0.4) is 0 Å². The summed E-state index contributed by atoms with van der Waals surface area (Å²) in [7, 11) is 0. The zero-order valence-electron chi connectivity index (χ0n) is 16.4. The molecule has 5 nitrogen and oxygen atoms in total. The predicted molar refractivity (Wildman–Crippen MR) is 123 cm³/mol. The number of nitrogens with one attached hydrogen (secondary N) is 1. The molecule has 0 aliphatic rings. The van der Waals surface area contributed by atoms with E-state index >= 15 is 0 Å². The summed E-state index contributed by atoms with van der Waals surface area (Å²) in [5.74, 6) is 1.24. The van der Waals surface area contributed by atoms with Gasteiger partial charge in [-0.15, -0.1) is 16.8 Å². The number of thioether (sulfide) groups is 1. The molecule has 0 unspecified atom stereocenters. The van der Waals surface area contributed by atoms with Gasteiger partial charge in [-0.3, -0.25) is 9.36 Å². The average Bonchev–Trinajstić information content (AvgIpc) is 3.11. The van der Waals surface area contributed by atoms with Crippen LogP contribution in [0.25, 0.3) is 11.4 Å². The first kappa shape index (κ1) is 21.3. The van der Waals surface area contributed by atoms with Crippen molar-refractivity contribution in [3.63, 3.8) is 0 Å². The lowest BCUT2D eigenvalue weighted by Crippen LogP contribution is -2.16. The third-order valence-electron chi connectivity index (χ3n) is 4.30. The van der Waals surface area contributed by atoms with Gasteiger partial charge in [-0.2, -0.15) is 0 Å². The molecule has 0 saturated heterocycles. The molecular formula is C22H23BrN4OS. The van der Waals surface area contributed by atoms with Gasteiger partial charge in [-0.25, -0.2) is 0 Å². The van der Waals surface area contributed by atoms with Crippen molar-refractivity contribution in [1.29, 1.82) is 0 Å². The quantitative estimate of drug-likeness (QED) is 0.336. The van der Waals surface area contributed by atoms with E-state index in [-0.39, 0.29) is 11.7 Å². The molecule has 0 bridgehead atoms. The van der Waals surface area contributed by atoms with Crippen LogP contribution in [-0.4, -0.2) is 26.4 Å². The van der Waals surface area contributed by atoms with E-state index in [9.17, 15) is 4.79 Å². The third-order valence-corrected chi connectivity index (χ3v) is 5.76. The van der Waals surface area contributed by atoms with Gasteiger partial charge in [-0.05, 0) is 29.7 Å². The van der Waals surface area contributed by atoms with Crippen molar-refractivity contribution in [2.24, 2.45) is 0 Å². The van der Waals surface area contributed by atoms with Crippen molar-refractivity contribution < 1.29 is 4.79 Å². The Kier molecular flexibility index (Phi) is 7.28. The Labute approximate surface area is 183 Å². The highest BCUT2D eigenvalue weighted by molar-refractivity contribution is 9.10. The van der Waals surface area contributed by atoms with Gasteiger partial charge < -0.3 is 5.32 Å². The largest absolute Gasteiger partial charge is 0.325 e. The normalized spacial score (nSPS) is 10.9. The van der Waals surface area contributed by atoms with E-state index in [4.69, 9.17) is 0 Å². The van der Waals surface area contributed by atoms with E-state index in [0.717, 1.165) is 27.1 Å². The minimum Gasteiger partial charge on any atom is -0.325 e. The minimum absolute atomic E-state index is 0.0753. The van der Waals surface area contributed by atoms with E-state index < -0.39 is 0 Å². The van der Waals surface area contributed by atoms with E-state index in [1.54, 1.807) is 6.08 Å². The number of carbonyl (C=O) groups is 1. The van der Waals surface area contributed by atoms with Crippen LogP contribution in [0.4, 0.5) is 5.69 Å². The maximum absolute atomic E-state index is 12.6. The number of allylic oxidation sites excluding steroid dienone is 1. The molecule has 0 aliphatic heterocycles. The number of halogens is 1. The lowest BCUT2D eigenvalue weighted by molar-refractivity contribution is -0.113. The number of aromatic nitrogens is 3. The molecule has 0 radical (unpaired) electrons. The van der Waals surface area contributed by atoms with Crippen LogP contribution in [0.5, 0.6) is 0 Å². The molecule has 0 fully saturated rings. The van der Waals surface area contributed by atoms with Gasteiger partial charge in [0.2, 0.25) is 5.91 Å². The second-order valence-corrected chi connectivity index (χ2v) is 8.65. The monoisotopic (exact) mass is 470 g/mol. The standard InChI is InChI=1S/C22H23BrN4OS/c1-4-12-27-21(16-8-6-5-7-9-16)25-26-22(27)29-14-20(28)24-19-11-10-17(23)13-18(19)15(2)3/h4-11,13,15H,1,12,14H2,2-3H3,(H,24,28). The molecule has 0 spiro atoms. The number of amides is 1. The summed E-state index contributed by atoms with van der Waals surface area (Å²) in [5.41, 5.74) is 2.92. The second kappa shape index (κ2) is 9.89. The van der Waals surface area contributed by atoms with Crippen LogP contribution < -0.4 is 5.32 Å². The second-order valence-electron chi connectivity index (χ2n) is 6.79. The van der Waals surface area contributed by atoms with Crippen molar-refractivity contribution in [3.05, 3.63) is 71.2 Å². The molecular weight excluding hydrogens is 448 g/mol. The number of benzene rings is 2. The number of anilines is 1. The molecule has 1 N–H and O–H groups in total. The van der Waals surface area contributed by atoms with Gasteiger partial charge in [0.25, 0.3) is 0 Å². The van der Waals surface area contributed by atoms with Crippen LogP contribution in [0.2, 0.25) is 0 Å². The Morgan fingerprint density at radius 1 is 1.24 bits per heavy atom. The summed E-state index contributed by atoms with van der Waals surface area (Å²) in [6.07, 6.45) is 1.80. The minimum atomic E-state index is -0.0753. The van der Waals surface area contributed by atoms with Crippen LogP contribution in [0.1, 0.15) is 25.3 Å². The maximum atomic E-state index is 12.6. The molecule has 2 aromatic carbocycles. The van der Waals surface area contributed by atoms with Crippen LogP contribution in [-0.2, 0) is 11.3 Å². The summed E-state index contributed by atoms with van der Waals surface area (Å²) in [4.78, 5) is 12.6. The van der Waals surface area contributed by atoms with Crippen molar-refractivity contribution in [2.45, 2.75) is 31.5 Å². The highest BCUT2D eigenvalue weighted by Gasteiger charge is 2.16. The fraction of sp³-hybridized carbons (Fsp3) is 0.227. The zero-order valence-corrected chi connectivity index (χ0v) is 18.8. The van der Waals surface area contributed by atoms with Gasteiger partial charge in [0.05, 0.1) is 5.75 Å². The molecule has 3 rings (SSSR count). The van der Waals surface area contributed by atoms with E-state index in [2.05, 4.69) is 51.9 Å². The third kappa shape index (κ3) is 5.36. The topological polar surface area (TPSA) is 59.8 Å². The molecule has 0 aliphatic carbocycles. The molecule has 0 atom stereocenters. The smallest absolute Gasteiger partial charge is 0.234 e. The highest BCUT2D eigenvalue weighted by atomic mass is 79.9. The van der Waals surface area contributed by atoms with Gasteiger partial charge in [-0.1, -0.05) is 77.9 Å². The van der Waals surface area contributed by atoms with E-state index in [0.29, 0.717) is 17.6 Å². The molecule has 1 amide bonds. The average molecular weight is 471 g/mol. The Morgan fingerprint density at radius 2 is 2.00 bits per heavy atom. The van der Waals surface area contributed by atoms with Gasteiger partial charge in [0.1, 0.15) is 0 Å². The fourth-order valence-corrected chi connectivity index (χ4v) is 4.06. The summed E-state index contributed by atoms with van der Waals surface area (Å²) in [5, 5.41) is 12.3.